The lowest BCUT2D eigenvalue weighted by molar-refractivity contribution is 1.18. The van der Waals surface area contributed by atoms with Crippen LogP contribution < -0.4 is 20.7 Å². The number of para-hydroxylation sites is 2. The molecule has 0 aliphatic carbocycles. The van der Waals surface area contributed by atoms with Crippen LogP contribution in [0.3, 0.4) is 0 Å². The van der Waals surface area contributed by atoms with Crippen molar-refractivity contribution in [3.05, 3.63) is 187 Å². The summed E-state index contributed by atoms with van der Waals surface area (Å²) in [6.07, 6.45) is 0. The molecule has 224 valence electrons. The van der Waals surface area contributed by atoms with Crippen LogP contribution in [-0.4, -0.2) is 12.6 Å². The maximum Gasteiger partial charge on any atom is 0.181 e. The summed E-state index contributed by atoms with van der Waals surface area (Å²) in [7, 11) is -3.01. The highest BCUT2D eigenvalue weighted by Gasteiger charge is 2.43. The van der Waals surface area contributed by atoms with Crippen molar-refractivity contribution in [1.82, 2.24) is 4.57 Å². The summed E-state index contributed by atoms with van der Waals surface area (Å²) in [5.41, 5.74) is 6.10. The van der Waals surface area contributed by atoms with Gasteiger partial charge in [-0.15, -0.1) is 0 Å². The maximum atomic E-state index is 10.8. The number of aromatic nitrogens is 1. The first kappa shape index (κ1) is 29.0. The molecule has 1 aromatic heterocycles. The molecule has 0 unspecified atom stereocenters. The van der Waals surface area contributed by atoms with Crippen molar-refractivity contribution in [3.8, 4) is 29.0 Å². The Labute approximate surface area is 280 Å². The minimum absolute atomic E-state index is 0.549. The second-order valence-corrected chi connectivity index (χ2v) is 15.7. The Hall–Kier alpha value is -6.46. The topological polar surface area (TPSA) is 52.5 Å². The first-order chi connectivity index (χ1) is 23.7. The van der Waals surface area contributed by atoms with Crippen molar-refractivity contribution in [2.75, 3.05) is 0 Å². The number of hydrogen-bond donors (Lipinski definition) is 0. The van der Waals surface area contributed by atoms with E-state index < -0.39 is 8.07 Å². The van der Waals surface area contributed by atoms with Gasteiger partial charge in [0.1, 0.15) is 0 Å². The molecular formula is C44H29N3Si. The van der Waals surface area contributed by atoms with Crippen LogP contribution in [0.2, 0.25) is 0 Å². The van der Waals surface area contributed by atoms with Crippen LogP contribution in [0.15, 0.2) is 176 Å². The Morgan fingerprint density at radius 1 is 0.438 bits per heavy atom. The SMILES string of the molecule is N#Cc1cc([Si](c2ccccc2)(c2ccccc2)c2ccccc2)c(C#N)cc1-c1ccc(-n2c3ccccc3c3ccccc32)cc1. The molecule has 0 amide bonds. The van der Waals surface area contributed by atoms with Crippen molar-refractivity contribution >= 4 is 50.6 Å². The first-order valence-electron chi connectivity index (χ1n) is 16.0. The van der Waals surface area contributed by atoms with Crippen LogP contribution in [0, 0.1) is 22.7 Å². The van der Waals surface area contributed by atoms with Crippen molar-refractivity contribution in [2.24, 2.45) is 0 Å². The molecule has 0 radical (unpaired) electrons. The summed E-state index contributed by atoms with van der Waals surface area (Å²) in [4.78, 5) is 0. The predicted octanol–water partition coefficient (Wildman–Crippen LogP) is 7.57. The third kappa shape index (κ3) is 4.55. The number of rotatable bonds is 6. The summed E-state index contributed by atoms with van der Waals surface area (Å²) < 4.78 is 2.28. The first-order valence-corrected chi connectivity index (χ1v) is 18.0. The van der Waals surface area contributed by atoms with Gasteiger partial charge in [-0.05, 0) is 62.7 Å². The van der Waals surface area contributed by atoms with Gasteiger partial charge in [0.2, 0.25) is 0 Å². The molecule has 0 fully saturated rings. The van der Waals surface area contributed by atoms with Gasteiger partial charge in [0.25, 0.3) is 0 Å². The van der Waals surface area contributed by atoms with Crippen LogP contribution in [-0.2, 0) is 0 Å². The van der Waals surface area contributed by atoms with E-state index in [9.17, 15) is 10.5 Å². The van der Waals surface area contributed by atoms with Crippen molar-refractivity contribution in [1.29, 1.82) is 10.5 Å². The Morgan fingerprint density at radius 2 is 0.875 bits per heavy atom. The number of fused-ring (bicyclic) bond motifs is 3. The highest BCUT2D eigenvalue weighted by atomic mass is 28.3. The Morgan fingerprint density at radius 3 is 1.33 bits per heavy atom. The van der Waals surface area contributed by atoms with E-state index >= 15 is 0 Å². The fourth-order valence-electron chi connectivity index (χ4n) is 7.36. The minimum Gasteiger partial charge on any atom is -0.309 e. The smallest absolute Gasteiger partial charge is 0.181 e. The average Bonchev–Trinajstić information content (AvgIpc) is 3.51. The maximum absolute atomic E-state index is 10.8. The van der Waals surface area contributed by atoms with Crippen LogP contribution in [0.4, 0.5) is 0 Å². The molecule has 8 aromatic rings. The average molecular weight is 628 g/mol. The quantitative estimate of drug-likeness (QED) is 0.141. The normalized spacial score (nSPS) is 11.3. The predicted molar refractivity (Wildman–Crippen MR) is 199 cm³/mol. The number of nitrogens with zero attached hydrogens (tertiary/aromatic N) is 3. The molecule has 0 aliphatic rings. The highest BCUT2D eigenvalue weighted by Crippen LogP contribution is 2.33. The highest BCUT2D eigenvalue weighted by molar-refractivity contribution is 7.20. The van der Waals surface area contributed by atoms with Gasteiger partial charge in [0, 0.05) is 22.0 Å². The molecule has 0 atom stereocenters. The zero-order chi connectivity index (χ0) is 32.5. The summed E-state index contributed by atoms with van der Waals surface area (Å²) in [6, 6.07) is 65.7. The van der Waals surface area contributed by atoms with Crippen LogP contribution in [0.1, 0.15) is 11.1 Å². The molecule has 1 heterocycles. The van der Waals surface area contributed by atoms with Gasteiger partial charge < -0.3 is 4.57 Å². The van der Waals surface area contributed by atoms with Crippen molar-refractivity contribution in [3.63, 3.8) is 0 Å². The van der Waals surface area contributed by atoms with Crippen molar-refractivity contribution in [2.45, 2.75) is 0 Å². The second kappa shape index (κ2) is 12.0. The fourth-order valence-corrected chi connectivity index (χ4v) is 12.3. The second-order valence-electron chi connectivity index (χ2n) is 11.9. The van der Waals surface area contributed by atoms with E-state index in [1.54, 1.807) is 0 Å². The third-order valence-electron chi connectivity index (χ3n) is 9.44. The lowest BCUT2D eigenvalue weighted by atomic mass is 9.97. The number of nitriles is 2. The zero-order valence-electron chi connectivity index (χ0n) is 26.1. The third-order valence-corrected chi connectivity index (χ3v) is 14.3. The van der Waals surface area contributed by atoms with Gasteiger partial charge in [-0.25, -0.2) is 0 Å². The van der Waals surface area contributed by atoms with Crippen LogP contribution in [0.5, 0.6) is 0 Å². The lowest BCUT2D eigenvalue weighted by Gasteiger charge is -2.35. The number of benzene rings is 7. The monoisotopic (exact) mass is 627 g/mol. The van der Waals surface area contributed by atoms with Gasteiger partial charge in [0.05, 0.1) is 34.3 Å². The van der Waals surface area contributed by atoms with E-state index in [1.165, 1.54) is 10.8 Å². The molecule has 0 spiro atoms. The zero-order valence-corrected chi connectivity index (χ0v) is 27.1. The molecule has 48 heavy (non-hydrogen) atoms. The van der Waals surface area contributed by atoms with Gasteiger partial charge in [-0.1, -0.05) is 140 Å². The molecular weight excluding hydrogens is 599 g/mol. The molecule has 0 aliphatic heterocycles. The van der Waals surface area contributed by atoms with Crippen LogP contribution in [0.25, 0.3) is 38.6 Å². The molecule has 0 saturated carbocycles. The summed E-state index contributed by atoms with van der Waals surface area (Å²) in [6.45, 7) is 0. The molecule has 0 N–H and O–H groups in total. The Bertz CT molecular complexity index is 2350. The molecule has 4 heteroatoms. The van der Waals surface area contributed by atoms with Crippen molar-refractivity contribution < 1.29 is 0 Å². The number of hydrogen-bond acceptors (Lipinski definition) is 2. The van der Waals surface area contributed by atoms with E-state index in [1.807, 2.05) is 30.3 Å². The Balaban J connectivity index is 1.33. The van der Waals surface area contributed by atoms with Gasteiger partial charge >= 0.3 is 0 Å². The lowest BCUT2D eigenvalue weighted by Crippen LogP contribution is -2.75. The van der Waals surface area contributed by atoms with E-state index in [0.29, 0.717) is 11.1 Å². The largest absolute Gasteiger partial charge is 0.309 e. The Kier molecular flexibility index (Phi) is 7.27. The van der Waals surface area contributed by atoms with Gasteiger partial charge in [-0.3, -0.25) is 0 Å². The van der Waals surface area contributed by atoms with E-state index in [4.69, 9.17) is 0 Å². The van der Waals surface area contributed by atoms with Gasteiger partial charge in [-0.2, -0.15) is 10.5 Å². The standard InChI is InChI=1S/C44H29N3Si/c45-30-33-29-44(48(36-14-4-1-5-15-36,37-16-6-2-7-17-37)38-18-8-3-9-19-38)34(31-46)28-41(33)32-24-26-35(27-25-32)47-42-22-12-10-20-39(42)40-21-11-13-23-43(40)47/h1-29H. The molecule has 3 nitrogen and oxygen atoms in total. The van der Waals surface area contributed by atoms with E-state index in [0.717, 1.165) is 48.6 Å². The fraction of sp³-hybridized carbons (Fsp3) is 0. The minimum atomic E-state index is -3.01. The molecule has 0 saturated heterocycles. The molecule has 0 bridgehead atoms. The van der Waals surface area contributed by atoms with E-state index in [2.05, 4.69) is 162 Å². The summed E-state index contributed by atoms with van der Waals surface area (Å²) >= 11 is 0. The molecule has 7 aromatic carbocycles. The molecule has 8 rings (SSSR count). The van der Waals surface area contributed by atoms with Crippen LogP contribution >= 0.6 is 0 Å². The summed E-state index contributed by atoms with van der Waals surface area (Å²) in [5, 5.41) is 28.3. The van der Waals surface area contributed by atoms with Gasteiger partial charge in [0.15, 0.2) is 8.07 Å². The summed E-state index contributed by atoms with van der Waals surface area (Å²) in [5.74, 6) is 0. The van der Waals surface area contributed by atoms with E-state index in [-0.39, 0.29) is 0 Å².